The summed E-state index contributed by atoms with van der Waals surface area (Å²) in [4.78, 5) is 0. The number of hydrogen-bond acceptors (Lipinski definition) is 4. The highest BCUT2D eigenvalue weighted by molar-refractivity contribution is 7.80. The van der Waals surface area contributed by atoms with Crippen molar-refractivity contribution in [2.24, 2.45) is 0 Å². The van der Waals surface area contributed by atoms with Crippen molar-refractivity contribution in [1.29, 1.82) is 0 Å². The number of hydrogen-bond donors (Lipinski definition) is 1. The summed E-state index contributed by atoms with van der Waals surface area (Å²) in [7, 11) is 0. The maximum Gasteiger partial charge on any atom is 0.256 e. The average Bonchev–Trinajstić information content (AvgIpc) is 2.50. The zero-order valence-electron chi connectivity index (χ0n) is 14.3. The van der Waals surface area contributed by atoms with Crippen molar-refractivity contribution in [2.45, 2.75) is 78.1 Å². The van der Waals surface area contributed by atoms with Crippen LogP contribution >= 0.6 is 24.4 Å². The van der Waals surface area contributed by atoms with Gasteiger partial charge in [-0.1, -0.05) is 46.0 Å². The van der Waals surface area contributed by atoms with Crippen LogP contribution in [0.2, 0.25) is 0 Å². The average molecular weight is 348 g/mol. The first-order valence-corrected chi connectivity index (χ1v) is 9.58. The normalized spacial score (nSPS) is 10.3. The summed E-state index contributed by atoms with van der Waals surface area (Å²) in [5, 5.41) is 4.47. The first-order chi connectivity index (χ1) is 10.7. The third-order valence-electron chi connectivity index (χ3n) is 3.32. The van der Waals surface area contributed by atoms with E-state index >= 15 is 0 Å². The molecule has 1 N–H and O–H groups in total. The summed E-state index contributed by atoms with van der Waals surface area (Å²) in [6, 6.07) is 0. The smallest absolute Gasteiger partial charge is 0.256 e. The molecular weight excluding hydrogens is 314 g/mol. The molecule has 0 heterocycles. The molecule has 0 aromatic rings. The largest absolute Gasteiger partial charge is 0.487 e. The topological polar surface area (TPSA) is 30.5 Å². The van der Waals surface area contributed by atoms with Crippen molar-refractivity contribution in [3.63, 3.8) is 0 Å². The Morgan fingerprint density at radius 3 is 2.05 bits per heavy atom. The maximum atomic E-state index is 5.49. The molecule has 0 aromatic carbocycles. The lowest BCUT2D eigenvalue weighted by Crippen LogP contribution is -2.25. The summed E-state index contributed by atoms with van der Waals surface area (Å²) >= 11 is 10.3. The molecule has 0 radical (unpaired) electrons. The molecule has 0 spiro atoms. The molecule has 0 rings (SSSR count). The van der Waals surface area contributed by atoms with E-state index in [1.54, 1.807) is 0 Å². The van der Waals surface area contributed by atoms with Gasteiger partial charge in [0.15, 0.2) is 5.05 Å². The van der Waals surface area contributed by atoms with Gasteiger partial charge in [-0.15, -0.1) is 0 Å². The summed E-state index contributed by atoms with van der Waals surface area (Å²) in [6.45, 7) is 6.71. The molecule has 0 aliphatic carbocycles. The summed E-state index contributed by atoms with van der Waals surface area (Å²) in [5.74, 6) is 0. The molecule has 130 valence electrons. The van der Waals surface area contributed by atoms with Crippen LogP contribution in [0.1, 0.15) is 78.1 Å². The third-order valence-corrected chi connectivity index (χ3v) is 3.90. The van der Waals surface area contributed by atoms with E-state index in [0.717, 1.165) is 69.8 Å². The fourth-order valence-electron chi connectivity index (χ4n) is 1.88. The van der Waals surface area contributed by atoms with Crippen LogP contribution in [-0.4, -0.2) is 30.0 Å². The van der Waals surface area contributed by atoms with Gasteiger partial charge in [0.05, 0.1) is 13.2 Å². The molecule has 5 heteroatoms. The minimum absolute atomic E-state index is 0.544. The second-order valence-electron chi connectivity index (χ2n) is 5.51. The van der Waals surface area contributed by atoms with Gasteiger partial charge in [-0.3, -0.25) is 0 Å². The van der Waals surface area contributed by atoms with Crippen LogP contribution in [0.15, 0.2) is 0 Å². The molecule has 0 aliphatic rings. The second kappa shape index (κ2) is 16.9. The van der Waals surface area contributed by atoms with Crippen LogP contribution in [0.25, 0.3) is 0 Å². The van der Waals surface area contributed by atoms with Gasteiger partial charge in [-0.25, -0.2) is 0 Å². The Kier molecular flexibility index (Phi) is 16.6. The van der Waals surface area contributed by atoms with Crippen molar-refractivity contribution in [3.05, 3.63) is 0 Å². The molecule has 0 amide bonds. The highest BCUT2D eigenvalue weighted by Crippen LogP contribution is 2.07. The van der Waals surface area contributed by atoms with E-state index in [9.17, 15) is 0 Å². The van der Waals surface area contributed by atoms with Gasteiger partial charge in [-0.2, -0.15) is 0 Å². The Labute approximate surface area is 147 Å². The zero-order chi connectivity index (χ0) is 16.5. The van der Waals surface area contributed by atoms with E-state index in [1.807, 2.05) is 0 Å². The van der Waals surface area contributed by atoms with Crippen molar-refractivity contribution >= 4 is 34.7 Å². The predicted octanol–water partition coefficient (Wildman–Crippen LogP) is 5.16. The molecule has 0 aromatic heterocycles. The Bertz CT molecular complexity index is 258. The van der Waals surface area contributed by atoms with Crippen LogP contribution in [-0.2, 0) is 9.47 Å². The second-order valence-corrected chi connectivity index (χ2v) is 6.33. The van der Waals surface area contributed by atoms with E-state index in [-0.39, 0.29) is 0 Å². The van der Waals surface area contributed by atoms with Crippen LogP contribution < -0.4 is 5.32 Å². The number of nitrogens with one attached hydrogen (secondary N) is 1. The van der Waals surface area contributed by atoms with Crippen molar-refractivity contribution in [3.8, 4) is 0 Å². The molecule has 0 unspecified atom stereocenters. The number of ether oxygens (including phenoxy) is 2. The molecular formula is C17H33NO2S2. The van der Waals surface area contributed by atoms with Crippen molar-refractivity contribution in [2.75, 3.05) is 19.8 Å². The summed E-state index contributed by atoms with van der Waals surface area (Å²) in [5.41, 5.74) is 0. The SMILES string of the molecule is CCCCOC(=S)CCCCCCCNC(=S)OCCCC. The van der Waals surface area contributed by atoms with Crippen LogP contribution in [0.5, 0.6) is 0 Å². The lowest BCUT2D eigenvalue weighted by Gasteiger charge is -2.09. The van der Waals surface area contributed by atoms with E-state index in [2.05, 4.69) is 19.2 Å². The Morgan fingerprint density at radius 2 is 1.36 bits per heavy atom. The Balaban J connectivity index is 3.23. The number of unbranched alkanes of at least 4 members (excludes halogenated alkanes) is 6. The van der Waals surface area contributed by atoms with Gasteiger partial charge in [0, 0.05) is 13.0 Å². The molecule has 0 atom stereocenters. The fraction of sp³-hybridized carbons (Fsp3) is 0.882. The monoisotopic (exact) mass is 347 g/mol. The van der Waals surface area contributed by atoms with E-state index in [0.29, 0.717) is 5.17 Å². The van der Waals surface area contributed by atoms with Gasteiger partial charge >= 0.3 is 0 Å². The molecule has 0 aliphatic heterocycles. The molecule has 0 fully saturated rings. The van der Waals surface area contributed by atoms with Crippen molar-refractivity contribution in [1.82, 2.24) is 5.32 Å². The Hall–Kier alpha value is -0.420. The van der Waals surface area contributed by atoms with Gasteiger partial charge < -0.3 is 14.8 Å². The van der Waals surface area contributed by atoms with E-state index < -0.39 is 0 Å². The number of thiocarbonyl (C=S) groups is 2. The van der Waals surface area contributed by atoms with Gasteiger partial charge in [0.2, 0.25) is 0 Å². The molecule has 0 saturated carbocycles. The fourth-order valence-corrected chi connectivity index (χ4v) is 2.29. The van der Waals surface area contributed by atoms with E-state index in [4.69, 9.17) is 33.9 Å². The zero-order valence-corrected chi connectivity index (χ0v) is 16.0. The van der Waals surface area contributed by atoms with Crippen LogP contribution in [0.3, 0.4) is 0 Å². The highest BCUT2D eigenvalue weighted by Gasteiger charge is 1.99. The Morgan fingerprint density at radius 1 is 0.773 bits per heavy atom. The molecule has 3 nitrogen and oxygen atoms in total. The van der Waals surface area contributed by atoms with Crippen molar-refractivity contribution < 1.29 is 9.47 Å². The lowest BCUT2D eigenvalue weighted by molar-refractivity contribution is 0.290. The molecule has 22 heavy (non-hydrogen) atoms. The van der Waals surface area contributed by atoms with Gasteiger partial charge in [0.25, 0.3) is 5.17 Å². The minimum Gasteiger partial charge on any atom is -0.487 e. The minimum atomic E-state index is 0.544. The molecule has 0 saturated heterocycles. The summed E-state index contributed by atoms with van der Waals surface area (Å²) < 4.78 is 10.9. The third kappa shape index (κ3) is 16.0. The van der Waals surface area contributed by atoms with E-state index in [1.165, 1.54) is 19.3 Å². The summed E-state index contributed by atoms with van der Waals surface area (Å²) in [6.07, 6.45) is 11.3. The quantitative estimate of drug-likeness (QED) is 0.346. The maximum absolute atomic E-state index is 5.49. The lowest BCUT2D eigenvalue weighted by atomic mass is 10.1. The first kappa shape index (κ1) is 21.6. The highest BCUT2D eigenvalue weighted by atomic mass is 32.1. The number of rotatable bonds is 14. The first-order valence-electron chi connectivity index (χ1n) is 8.77. The van der Waals surface area contributed by atoms with Crippen LogP contribution in [0.4, 0.5) is 0 Å². The predicted molar refractivity (Wildman–Crippen MR) is 103 cm³/mol. The molecule has 0 bridgehead atoms. The standard InChI is InChI=1S/C17H33NO2S2/c1-3-5-14-19-16(21)12-10-8-7-9-11-13-18-17(22)20-15-6-4-2/h3-15H2,1-2H3,(H,18,22). The van der Waals surface area contributed by atoms with Crippen LogP contribution in [0, 0.1) is 0 Å². The van der Waals surface area contributed by atoms with Gasteiger partial charge in [0.1, 0.15) is 0 Å². The van der Waals surface area contributed by atoms with Gasteiger partial charge in [-0.05, 0) is 50.1 Å².